The van der Waals surface area contributed by atoms with E-state index in [0.29, 0.717) is 6.04 Å². The summed E-state index contributed by atoms with van der Waals surface area (Å²) in [6, 6.07) is 2.76. The molecule has 0 fully saturated rings. The van der Waals surface area contributed by atoms with Crippen LogP contribution in [0.4, 0.5) is 5.82 Å². The van der Waals surface area contributed by atoms with Crippen LogP contribution in [-0.2, 0) is 5.33 Å². The summed E-state index contributed by atoms with van der Waals surface area (Å²) < 4.78 is 0. The molecule has 1 atom stereocenters. The molecule has 1 heterocycles. The Morgan fingerprint density at radius 1 is 1.44 bits per heavy atom. The van der Waals surface area contributed by atoms with Crippen molar-refractivity contribution in [3.8, 4) is 0 Å². The molecule has 1 aromatic heterocycles. The summed E-state index contributed by atoms with van der Waals surface area (Å²) in [7, 11) is 0. The minimum atomic E-state index is 0.547. The van der Waals surface area contributed by atoms with Gasteiger partial charge in [-0.05, 0) is 38.3 Å². The maximum Gasteiger partial charge on any atom is 0.131 e. The van der Waals surface area contributed by atoms with E-state index in [1.807, 2.05) is 6.20 Å². The number of pyridine rings is 1. The first-order valence-electron chi connectivity index (χ1n) is 5.92. The predicted molar refractivity (Wildman–Crippen MR) is 74.4 cm³/mol. The molecule has 3 heteroatoms. The lowest BCUT2D eigenvalue weighted by atomic mass is 10.1. The zero-order valence-electron chi connectivity index (χ0n) is 10.6. The fourth-order valence-electron chi connectivity index (χ4n) is 1.89. The third kappa shape index (κ3) is 2.97. The van der Waals surface area contributed by atoms with E-state index in [2.05, 4.69) is 59.6 Å². The highest BCUT2D eigenvalue weighted by molar-refractivity contribution is 9.08. The number of aromatic nitrogens is 1. The molecule has 0 bridgehead atoms. The van der Waals surface area contributed by atoms with Gasteiger partial charge in [-0.25, -0.2) is 4.98 Å². The van der Waals surface area contributed by atoms with Gasteiger partial charge < -0.3 is 4.90 Å². The lowest BCUT2D eigenvalue weighted by molar-refractivity contribution is 0.621. The molecule has 0 radical (unpaired) electrons. The number of hydrogen-bond donors (Lipinski definition) is 0. The molecule has 0 amide bonds. The molecule has 0 aliphatic heterocycles. The quantitative estimate of drug-likeness (QED) is 0.762. The van der Waals surface area contributed by atoms with Crippen LogP contribution in [0, 0.1) is 6.92 Å². The van der Waals surface area contributed by atoms with Crippen LogP contribution in [-0.4, -0.2) is 17.6 Å². The largest absolute Gasteiger partial charge is 0.354 e. The summed E-state index contributed by atoms with van der Waals surface area (Å²) in [4.78, 5) is 6.95. The van der Waals surface area contributed by atoms with Crippen LogP contribution in [0.3, 0.4) is 0 Å². The third-order valence-electron chi connectivity index (χ3n) is 3.00. The summed E-state index contributed by atoms with van der Waals surface area (Å²) in [5.41, 5.74) is 2.50. The van der Waals surface area contributed by atoms with Gasteiger partial charge in [-0.2, -0.15) is 0 Å². The molecule has 0 aliphatic rings. The van der Waals surface area contributed by atoms with Crippen LogP contribution in [0.1, 0.15) is 38.3 Å². The number of halogens is 1. The monoisotopic (exact) mass is 284 g/mol. The van der Waals surface area contributed by atoms with Gasteiger partial charge in [0.05, 0.1) is 0 Å². The van der Waals surface area contributed by atoms with Gasteiger partial charge in [0, 0.05) is 24.1 Å². The van der Waals surface area contributed by atoms with Gasteiger partial charge in [-0.1, -0.05) is 28.9 Å². The van der Waals surface area contributed by atoms with Crippen molar-refractivity contribution in [3.63, 3.8) is 0 Å². The number of aryl methyl sites for hydroxylation is 1. The van der Waals surface area contributed by atoms with E-state index in [9.17, 15) is 0 Å². The van der Waals surface area contributed by atoms with Crippen molar-refractivity contribution in [2.24, 2.45) is 0 Å². The number of hydrogen-bond acceptors (Lipinski definition) is 2. The highest BCUT2D eigenvalue weighted by atomic mass is 79.9. The Balaban J connectivity index is 3.01. The van der Waals surface area contributed by atoms with Gasteiger partial charge in [0.25, 0.3) is 0 Å². The van der Waals surface area contributed by atoms with E-state index >= 15 is 0 Å². The van der Waals surface area contributed by atoms with Gasteiger partial charge in [0.2, 0.25) is 0 Å². The second-order valence-electron chi connectivity index (χ2n) is 4.16. The first-order chi connectivity index (χ1) is 7.63. The van der Waals surface area contributed by atoms with Crippen LogP contribution in [0.25, 0.3) is 0 Å². The molecule has 0 aromatic carbocycles. The summed E-state index contributed by atoms with van der Waals surface area (Å²) in [5, 5.41) is 0.872. The summed E-state index contributed by atoms with van der Waals surface area (Å²) in [6.07, 6.45) is 3.11. The van der Waals surface area contributed by atoms with Crippen LogP contribution in [0.5, 0.6) is 0 Å². The highest BCUT2D eigenvalue weighted by Crippen LogP contribution is 2.21. The van der Waals surface area contributed by atoms with Crippen molar-refractivity contribution in [2.75, 3.05) is 11.4 Å². The Morgan fingerprint density at radius 2 is 2.12 bits per heavy atom. The van der Waals surface area contributed by atoms with Gasteiger partial charge in [0.15, 0.2) is 0 Å². The van der Waals surface area contributed by atoms with Crippen molar-refractivity contribution in [3.05, 3.63) is 23.4 Å². The molecular weight excluding hydrogens is 264 g/mol. The van der Waals surface area contributed by atoms with Gasteiger partial charge in [0.1, 0.15) is 5.82 Å². The molecule has 1 aromatic rings. The van der Waals surface area contributed by atoms with Gasteiger partial charge >= 0.3 is 0 Å². The average Bonchev–Trinajstić information content (AvgIpc) is 2.31. The summed E-state index contributed by atoms with van der Waals surface area (Å²) >= 11 is 3.46. The van der Waals surface area contributed by atoms with Crippen LogP contribution >= 0.6 is 15.9 Å². The third-order valence-corrected chi connectivity index (χ3v) is 3.64. The van der Waals surface area contributed by atoms with Gasteiger partial charge in [-0.15, -0.1) is 0 Å². The van der Waals surface area contributed by atoms with Crippen molar-refractivity contribution >= 4 is 21.7 Å². The number of anilines is 1. The zero-order valence-corrected chi connectivity index (χ0v) is 12.2. The minimum Gasteiger partial charge on any atom is -0.354 e. The summed E-state index contributed by atoms with van der Waals surface area (Å²) in [5.74, 6) is 1.13. The van der Waals surface area contributed by atoms with Gasteiger partial charge in [-0.3, -0.25) is 0 Å². The maximum atomic E-state index is 4.59. The number of alkyl halides is 1. The number of nitrogens with zero attached hydrogens (tertiary/aromatic N) is 2. The SMILES string of the molecule is CCC(C)N(CC)c1ncc(CBr)cc1C. The molecule has 1 rings (SSSR count). The van der Waals surface area contributed by atoms with E-state index in [4.69, 9.17) is 0 Å². The molecule has 0 N–H and O–H groups in total. The first-order valence-corrected chi connectivity index (χ1v) is 7.04. The van der Waals surface area contributed by atoms with Crippen LogP contribution in [0.15, 0.2) is 12.3 Å². The Hall–Kier alpha value is -0.570. The van der Waals surface area contributed by atoms with Crippen molar-refractivity contribution in [1.82, 2.24) is 4.98 Å². The lowest BCUT2D eigenvalue weighted by Gasteiger charge is -2.29. The van der Waals surface area contributed by atoms with E-state index in [-0.39, 0.29) is 0 Å². The lowest BCUT2D eigenvalue weighted by Crippen LogP contribution is -2.33. The molecule has 16 heavy (non-hydrogen) atoms. The van der Waals surface area contributed by atoms with E-state index in [1.54, 1.807) is 0 Å². The molecule has 2 nitrogen and oxygen atoms in total. The normalized spacial score (nSPS) is 12.6. The van der Waals surface area contributed by atoms with Crippen molar-refractivity contribution in [1.29, 1.82) is 0 Å². The molecule has 0 aliphatic carbocycles. The molecule has 0 saturated heterocycles. The Labute approximate surface area is 107 Å². The minimum absolute atomic E-state index is 0.547. The zero-order chi connectivity index (χ0) is 12.1. The number of rotatable bonds is 5. The topological polar surface area (TPSA) is 16.1 Å². The summed E-state index contributed by atoms with van der Waals surface area (Å²) in [6.45, 7) is 9.81. The average molecular weight is 285 g/mol. The Bertz CT molecular complexity index is 339. The molecule has 0 spiro atoms. The fourth-order valence-corrected chi connectivity index (χ4v) is 2.20. The molecular formula is C13H21BrN2. The Kier molecular flexibility index (Phi) is 5.26. The molecule has 0 saturated carbocycles. The first kappa shape index (κ1) is 13.5. The molecule has 1 unspecified atom stereocenters. The second kappa shape index (κ2) is 6.24. The standard InChI is InChI=1S/C13H21BrN2/c1-5-11(4)16(6-2)13-10(3)7-12(8-14)9-15-13/h7,9,11H,5-6,8H2,1-4H3. The highest BCUT2D eigenvalue weighted by Gasteiger charge is 2.14. The van der Waals surface area contributed by atoms with E-state index in [0.717, 1.165) is 24.1 Å². The van der Waals surface area contributed by atoms with Crippen molar-refractivity contribution in [2.45, 2.75) is 45.5 Å². The van der Waals surface area contributed by atoms with E-state index < -0.39 is 0 Å². The van der Waals surface area contributed by atoms with Crippen molar-refractivity contribution < 1.29 is 0 Å². The fraction of sp³-hybridized carbons (Fsp3) is 0.615. The second-order valence-corrected chi connectivity index (χ2v) is 4.72. The maximum absolute atomic E-state index is 4.59. The van der Waals surface area contributed by atoms with E-state index in [1.165, 1.54) is 11.1 Å². The molecule has 90 valence electrons. The Morgan fingerprint density at radius 3 is 2.56 bits per heavy atom. The van der Waals surface area contributed by atoms with Crippen LogP contribution < -0.4 is 4.90 Å². The predicted octanol–water partition coefficient (Wildman–Crippen LogP) is 3.91. The smallest absolute Gasteiger partial charge is 0.131 e. The van der Waals surface area contributed by atoms with Crippen LogP contribution in [0.2, 0.25) is 0 Å².